The van der Waals surface area contributed by atoms with Crippen LogP contribution in [0.25, 0.3) is 21.8 Å². The number of H-pyrrole nitrogens is 1. The molecule has 0 aliphatic rings. The molecule has 2 heterocycles. The second-order valence-electron chi connectivity index (χ2n) is 6.00. The van der Waals surface area contributed by atoms with Gasteiger partial charge in [0.2, 0.25) is 0 Å². The van der Waals surface area contributed by atoms with E-state index in [1.807, 2.05) is 37.3 Å². The number of carbonyl (C=O) groups is 2. The molecule has 2 aromatic carbocycles. The normalized spacial score (nSPS) is 11.0. The van der Waals surface area contributed by atoms with Crippen LogP contribution in [0.4, 0.5) is 5.69 Å². The van der Waals surface area contributed by atoms with Crippen molar-refractivity contribution in [2.24, 2.45) is 5.73 Å². The average molecular weight is 345 g/mol. The monoisotopic (exact) mass is 345 g/mol. The molecule has 4 rings (SSSR count). The number of anilines is 1. The Labute approximate surface area is 148 Å². The first-order valence-corrected chi connectivity index (χ1v) is 7.98. The summed E-state index contributed by atoms with van der Waals surface area (Å²) in [6.45, 7) is 1.85. The summed E-state index contributed by atoms with van der Waals surface area (Å²) in [5.41, 5.74) is 8.54. The molecule has 0 fully saturated rings. The Morgan fingerprint density at radius 3 is 2.69 bits per heavy atom. The summed E-state index contributed by atoms with van der Waals surface area (Å²) in [6, 6.07) is 14.7. The number of nitrogens with one attached hydrogen (secondary N) is 2. The fraction of sp³-hybridized carbons (Fsp3) is 0.0526. The van der Waals surface area contributed by atoms with Crippen LogP contribution in [0.15, 0.2) is 48.5 Å². The highest BCUT2D eigenvalue weighted by atomic mass is 16.2. The maximum absolute atomic E-state index is 12.7. The number of benzene rings is 2. The summed E-state index contributed by atoms with van der Waals surface area (Å²) in [5, 5.41) is 11.0. The number of fused-ring (bicyclic) bond motifs is 2. The molecule has 0 spiro atoms. The van der Waals surface area contributed by atoms with Crippen molar-refractivity contribution in [2.75, 3.05) is 5.32 Å². The van der Waals surface area contributed by atoms with Crippen molar-refractivity contribution in [3.63, 3.8) is 0 Å². The number of nitrogens with zero attached hydrogens (tertiary/aromatic N) is 2. The quantitative estimate of drug-likeness (QED) is 0.530. The third-order valence-electron chi connectivity index (χ3n) is 4.18. The summed E-state index contributed by atoms with van der Waals surface area (Å²) in [4.78, 5) is 28.6. The predicted molar refractivity (Wildman–Crippen MR) is 99.0 cm³/mol. The molecule has 0 radical (unpaired) electrons. The lowest BCUT2D eigenvalue weighted by atomic mass is 10.1. The van der Waals surface area contributed by atoms with Gasteiger partial charge in [0.05, 0.1) is 11.0 Å². The number of para-hydroxylation sites is 1. The maximum atomic E-state index is 12.7. The van der Waals surface area contributed by atoms with Gasteiger partial charge in [-0.15, -0.1) is 0 Å². The van der Waals surface area contributed by atoms with Gasteiger partial charge in [0.25, 0.3) is 11.8 Å². The zero-order valence-electron chi connectivity index (χ0n) is 13.9. The molecule has 4 aromatic rings. The number of hydrogen-bond acceptors (Lipinski definition) is 4. The number of nitrogens with two attached hydrogens (primary N) is 1. The highest BCUT2D eigenvalue weighted by molar-refractivity contribution is 6.08. The van der Waals surface area contributed by atoms with Crippen molar-refractivity contribution in [3.05, 3.63) is 65.5 Å². The van der Waals surface area contributed by atoms with Crippen LogP contribution < -0.4 is 11.1 Å². The molecule has 0 saturated carbocycles. The van der Waals surface area contributed by atoms with Crippen LogP contribution in [0.3, 0.4) is 0 Å². The lowest BCUT2D eigenvalue weighted by molar-refractivity contribution is 0.0994. The second-order valence-corrected chi connectivity index (χ2v) is 6.00. The number of aromatic amines is 1. The number of amides is 2. The molecule has 0 bridgehead atoms. The van der Waals surface area contributed by atoms with Crippen LogP contribution >= 0.6 is 0 Å². The van der Waals surface area contributed by atoms with Gasteiger partial charge in [0, 0.05) is 16.5 Å². The first-order chi connectivity index (χ1) is 12.5. The lowest BCUT2D eigenvalue weighted by Crippen LogP contribution is -2.15. The SMILES string of the molecule is Cc1cc2ccccc2nc1C(=O)Nc1ccc2[nH]nc(C(N)=O)c2c1. The first kappa shape index (κ1) is 15.8. The Bertz CT molecular complexity index is 1180. The van der Waals surface area contributed by atoms with E-state index in [9.17, 15) is 9.59 Å². The average Bonchev–Trinajstić information content (AvgIpc) is 3.04. The molecule has 0 atom stereocenters. The molecule has 7 heteroatoms. The summed E-state index contributed by atoms with van der Waals surface area (Å²) < 4.78 is 0. The molecule has 0 unspecified atom stereocenters. The second kappa shape index (κ2) is 5.96. The molecule has 7 nitrogen and oxygen atoms in total. The molecule has 2 aromatic heterocycles. The number of carbonyl (C=O) groups excluding carboxylic acids is 2. The van der Waals surface area contributed by atoms with E-state index in [2.05, 4.69) is 20.5 Å². The van der Waals surface area contributed by atoms with Crippen molar-refractivity contribution in [2.45, 2.75) is 6.92 Å². The summed E-state index contributed by atoms with van der Waals surface area (Å²) in [7, 11) is 0. The zero-order chi connectivity index (χ0) is 18.3. The van der Waals surface area contributed by atoms with Gasteiger partial charge in [0.1, 0.15) is 5.69 Å². The van der Waals surface area contributed by atoms with Gasteiger partial charge in [-0.1, -0.05) is 18.2 Å². The van der Waals surface area contributed by atoms with Crippen LogP contribution in [0.5, 0.6) is 0 Å². The van der Waals surface area contributed by atoms with Crippen molar-refractivity contribution in [1.29, 1.82) is 0 Å². The van der Waals surface area contributed by atoms with Crippen molar-refractivity contribution >= 4 is 39.3 Å². The van der Waals surface area contributed by atoms with E-state index < -0.39 is 5.91 Å². The van der Waals surface area contributed by atoms with E-state index in [0.29, 0.717) is 22.3 Å². The maximum Gasteiger partial charge on any atom is 0.274 e. The summed E-state index contributed by atoms with van der Waals surface area (Å²) in [5.74, 6) is -0.955. The Morgan fingerprint density at radius 2 is 1.88 bits per heavy atom. The summed E-state index contributed by atoms with van der Waals surface area (Å²) in [6.07, 6.45) is 0. The number of pyridine rings is 1. The number of primary amides is 1. The predicted octanol–water partition coefficient (Wildman–Crippen LogP) is 2.77. The largest absolute Gasteiger partial charge is 0.364 e. The minimum Gasteiger partial charge on any atom is -0.364 e. The van der Waals surface area contributed by atoms with Crippen molar-refractivity contribution in [3.8, 4) is 0 Å². The summed E-state index contributed by atoms with van der Waals surface area (Å²) >= 11 is 0. The van der Waals surface area contributed by atoms with Gasteiger partial charge in [-0.2, -0.15) is 5.10 Å². The molecule has 2 amide bonds. The highest BCUT2D eigenvalue weighted by Gasteiger charge is 2.15. The Balaban J connectivity index is 1.70. The third-order valence-corrected chi connectivity index (χ3v) is 4.18. The van der Waals surface area contributed by atoms with Gasteiger partial charge in [-0.3, -0.25) is 14.7 Å². The zero-order valence-corrected chi connectivity index (χ0v) is 13.9. The molecular formula is C19H15N5O2. The molecule has 128 valence electrons. The van der Waals surface area contributed by atoms with E-state index in [4.69, 9.17) is 5.73 Å². The van der Waals surface area contributed by atoms with E-state index in [0.717, 1.165) is 16.5 Å². The molecule has 4 N–H and O–H groups in total. The van der Waals surface area contributed by atoms with Crippen molar-refractivity contribution in [1.82, 2.24) is 15.2 Å². The molecule has 0 aliphatic carbocycles. The minimum absolute atomic E-state index is 0.135. The van der Waals surface area contributed by atoms with Gasteiger partial charge in [0.15, 0.2) is 5.69 Å². The molecular weight excluding hydrogens is 330 g/mol. The Kier molecular flexibility index (Phi) is 3.62. The number of hydrogen-bond donors (Lipinski definition) is 3. The van der Waals surface area contributed by atoms with Crippen molar-refractivity contribution < 1.29 is 9.59 Å². The molecule has 0 aliphatic heterocycles. The smallest absolute Gasteiger partial charge is 0.274 e. The van der Waals surface area contributed by atoms with E-state index >= 15 is 0 Å². The van der Waals surface area contributed by atoms with Gasteiger partial charge in [-0.25, -0.2) is 4.98 Å². The Morgan fingerprint density at radius 1 is 1.08 bits per heavy atom. The molecule has 26 heavy (non-hydrogen) atoms. The van der Waals surface area contributed by atoms with Gasteiger partial charge >= 0.3 is 0 Å². The number of rotatable bonds is 3. The van der Waals surface area contributed by atoms with Gasteiger partial charge in [-0.05, 0) is 42.8 Å². The Hall–Kier alpha value is -3.74. The van der Waals surface area contributed by atoms with Crippen LogP contribution in [0, 0.1) is 6.92 Å². The topological polar surface area (TPSA) is 114 Å². The highest BCUT2D eigenvalue weighted by Crippen LogP contribution is 2.22. The standard InChI is InChI=1S/C19H15N5O2/c1-10-8-11-4-2-3-5-14(11)22-16(10)19(26)21-12-6-7-15-13(9-12)17(18(20)25)24-23-15/h2-9H,1H3,(H2,20,25)(H,21,26)(H,23,24). The van der Waals surface area contributed by atoms with E-state index in [1.165, 1.54) is 0 Å². The van der Waals surface area contributed by atoms with Crippen LogP contribution in [-0.4, -0.2) is 27.0 Å². The fourth-order valence-electron chi connectivity index (χ4n) is 2.92. The van der Waals surface area contributed by atoms with Crippen LogP contribution in [0.2, 0.25) is 0 Å². The minimum atomic E-state index is -0.633. The number of aromatic nitrogens is 3. The van der Waals surface area contributed by atoms with E-state index in [1.54, 1.807) is 18.2 Å². The van der Waals surface area contributed by atoms with E-state index in [-0.39, 0.29) is 11.6 Å². The third kappa shape index (κ3) is 2.65. The first-order valence-electron chi connectivity index (χ1n) is 7.98. The lowest BCUT2D eigenvalue weighted by Gasteiger charge is -2.09. The fourth-order valence-corrected chi connectivity index (χ4v) is 2.92. The number of aryl methyl sites for hydroxylation is 1. The van der Waals surface area contributed by atoms with Crippen LogP contribution in [0.1, 0.15) is 26.5 Å². The van der Waals surface area contributed by atoms with Crippen LogP contribution in [-0.2, 0) is 0 Å². The van der Waals surface area contributed by atoms with Gasteiger partial charge < -0.3 is 11.1 Å². The molecule has 0 saturated heterocycles.